The van der Waals surface area contributed by atoms with Gasteiger partial charge >= 0.3 is 5.97 Å². The minimum Gasteiger partial charge on any atom is -0.490 e. The molecule has 18 heteroatoms. The van der Waals surface area contributed by atoms with E-state index in [1.165, 1.54) is 29.8 Å². The van der Waals surface area contributed by atoms with Crippen molar-refractivity contribution < 1.29 is 38.0 Å². The number of hydrogen-bond acceptors (Lipinski definition) is 14. The number of benzene rings is 3. The highest BCUT2D eigenvalue weighted by atomic mass is 35.5. The average molecular weight is 945 g/mol. The van der Waals surface area contributed by atoms with E-state index in [0.29, 0.717) is 101 Å². The Morgan fingerprint density at radius 1 is 0.969 bits per heavy atom. The lowest BCUT2D eigenvalue weighted by Crippen LogP contribution is -2.51. The SMILES string of the molecule is COCC1CCN1c1nccc(COc2ccc3cc2C[C@H](C(=O)O)Oc2ncnc4sc(-c5ccc(F)cc5)c(c24)-c2c(C)c(Cl)c(c(Cl)c2C)O[C@H](CN2CCN(C)CC2)CO3)n1. The molecule has 0 saturated carbocycles. The molecular formula is C47H48Cl2FN7O7S. The highest BCUT2D eigenvalue weighted by Crippen LogP contribution is 2.53. The van der Waals surface area contributed by atoms with Gasteiger partial charge in [-0.2, -0.15) is 0 Å². The van der Waals surface area contributed by atoms with Crippen molar-refractivity contribution in [2.45, 2.75) is 51.5 Å². The van der Waals surface area contributed by atoms with E-state index < -0.39 is 24.0 Å². The van der Waals surface area contributed by atoms with Gasteiger partial charge in [-0.3, -0.25) is 4.90 Å². The highest BCUT2D eigenvalue weighted by molar-refractivity contribution is 7.22. The molecule has 14 nitrogen and oxygen atoms in total. The zero-order chi connectivity index (χ0) is 45.4. The van der Waals surface area contributed by atoms with Crippen molar-refractivity contribution in [2.24, 2.45) is 0 Å². The molecule has 3 aromatic carbocycles. The van der Waals surface area contributed by atoms with E-state index in [-0.39, 0.29) is 31.6 Å². The molecule has 10 rings (SSSR count). The van der Waals surface area contributed by atoms with Gasteiger partial charge in [0.05, 0.1) is 33.8 Å². The van der Waals surface area contributed by atoms with E-state index in [2.05, 4.69) is 36.7 Å². The lowest BCUT2D eigenvalue weighted by atomic mass is 9.92. The Hall–Kier alpha value is -5.36. The van der Waals surface area contributed by atoms with Gasteiger partial charge in [-0.1, -0.05) is 35.3 Å². The van der Waals surface area contributed by atoms with Crippen LogP contribution in [0.4, 0.5) is 10.3 Å². The number of piperazine rings is 1. The zero-order valence-electron chi connectivity index (χ0n) is 36.4. The number of aromatic nitrogens is 4. The van der Waals surface area contributed by atoms with Crippen LogP contribution in [0, 0.1) is 19.7 Å². The highest BCUT2D eigenvalue weighted by Gasteiger charge is 2.33. The topological polar surface area (TPSA) is 145 Å². The quantitative estimate of drug-likeness (QED) is 0.141. The van der Waals surface area contributed by atoms with Crippen LogP contribution in [0.2, 0.25) is 10.0 Å². The Bertz CT molecular complexity index is 2690. The summed E-state index contributed by atoms with van der Waals surface area (Å²) in [6.07, 6.45) is 1.91. The molecule has 3 atom stereocenters. The van der Waals surface area contributed by atoms with Gasteiger partial charge in [0.2, 0.25) is 17.9 Å². The molecule has 1 N–H and O–H groups in total. The molecule has 2 saturated heterocycles. The maximum atomic E-state index is 14.4. The first-order chi connectivity index (χ1) is 31.4. The van der Waals surface area contributed by atoms with Crippen LogP contribution in [-0.2, 0) is 22.6 Å². The smallest absolute Gasteiger partial charge is 0.345 e. The van der Waals surface area contributed by atoms with Crippen molar-refractivity contribution in [1.29, 1.82) is 0 Å². The van der Waals surface area contributed by atoms with Gasteiger partial charge in [0, 0.05) is 75.0 Å². The molecule has 7 heterocycles. The molecule has 6 aromatic rings. The van der Waals surface area contributed by atoms with Gasteiger partial charge in [0.15, 0.2) is 5.75 Å². The second kappa shape index (κ2) is 19.2. The number of halogens is 3. The van der Waals surface area contributed by atoms with Crippen LogP contribution < -0.4 is 23.8 Å². The third-order valence-corrected chi connectivity index (χ3v) is 14.3. The predicted molar refractivity (Wildman–Crippen MR) is 248 cm³/mol. The number of nitrogens with zero attached hydrogens (tertiary/aromatic N) is 7. The second-order valence-electron chi connectivity index (χ2n) is 16.6. The summed E-state index contributed by atoms with van der Waals surface area (Å²) >= 11 is 16.0. The summed E-state index contributed by atoms with van der Waals surface area (Å²) in [6, 6.07) is 13.4. The number of fused-ring (bicyclic) bond motifs is 7. The first-order valence-electron chi connectivity index (χ1n) is 21.4. The van der Waals surface area contributed by atoms with Crippen LogP contribution in [0.1, 0.15) is 28.8 Å². The molecule has 0 aliphatic carbocycles. The third-order valence-electron chi connectivity index (χ3n) is 12.2. The third kappa shape index (κ3) is 9.38. The summed E-state index contributed by atoms with van der Waals surface area (Å²) in [5, 5.41) is 11.9. The van der Waals surface area contributed by atoms with Crippen LogP contribution in [-0.4, -0.2) is 126 Å². The van der Waals surface area contributed by atoms with Gasteiger partial charge in [-0.15, -0.1) is 11.3 Å². The molecule has 65 heavy (non-hydrogen) atoms. The van der Waals surface area contributed by atoms with Crippen molar-refractivity contribution in [1.82, 2.24) is 29.7 Å². The van der Waals surface area contributed by atoms with Crippen molar-refractivity contribution in [3.63, 3.8) is 0 Å². The maximum absolute atomic E-state index is 14.4. The minimum absolute atomic E-state index is 0.0334. The van der Waals surface area contributed by atoms with Gasteiger partial charge in [-0.25, -0.2) is 29.1 Å². The average Bonchev–Trinajstić information content (AvgIpc) is 3.68. The first kappa shape index (κ1) is 44.8. The Morgan fingerprint density at radius 2 is 1.74 bits per heavy atom. The second-order valence-corrected chi connectivity index (χ2v) is 18.3. The molecule has 3 aromatic heterocycles. The Balaban J connectivity index is 1.15. The largest absolute Gasteiger partial charge is 0.490 e. The number of likely N-dealkylation sites (N-methyl/N-ethyl adjacent to an activating group) is 1. The van der Waals surface area contributed by atoms with E-state index in [1.54, 1.807) is 49.7 Å². The molecule has 0 amide bonds. The lowest BCUT2D eigenvalue weighted by Gasteiger charge is -2.40. The van der Waals surface area contributed by atoms with E-state index in [1.807, 2.05) is 13.8 Å². The molecule has 0 spiro atoms. The van der Waals surface area contributed by atoms with E-state index in [4.69, 9.17) is 51.9 Å². The molecule has 2 fully saturated rings. The van der Waals surface area contributed by atoms with Crippen LogP contribution >= 0.6 is 34.5 Å². The molecule has 4 bridgehead atoms. The number of carbonyl (C=O) groups is 1. The molecule has 4 aliphatic rings. The fourth-order valence-corrected chi connectivity index (χ4v) is 10.2. The fraction of sp³-hybridized carbons (Fsp3) is 0.383. The van der Waals surface area contributed by atoms with Crippen LogP contribution in [0.3, 0.4) is 0 Å². The lowest BCUT2D eigenvalue weighted by molar-refractivity contribution is -0.145. The summed E-state index contributed by atoms with van der Waals surface area (Å²) in [7, 11) is 3.78. The summed E-state index contributed by atoms with van der Waals surface area (Å²) in [5.74, 6) is 0.205. The number of methoxy groups -OCH3 is 1. The minimum atomic E-state index is -1.46. The Labute approximate surface area is 389 Å². The van der Waals surface area contributed by atoms with Gasteiger partial charge in [-0.05, 0) is 86.0 Å². The number of thiophene rings is 1. The molecule has 0 radical (unpaired) electrons. The van der Waals surface area contributed by atoms with Crippen molar-refractivity contribution >= 4 is 56.7 Å². The van der Waals surface area contributed by atoms with E-state index in [0.717, 1.165) is 39.1 Å². The first-order valence-corrected chi connectivity index (χ1v) is 23.0. The number of ether oxygens (including phenoxy) is 5. The number of rotatable bonds is 10. The Kier molecular flexibility index (Phi) is 13.3. The fourth-order valence-electron chi connectivity index (χ4n) is 8.54. The van der Waals surface area contributed by atoms with Crippen molar-refractivity contribution in [2.75, 3.05) is 71.5 Å². The number of hydrogen-bond donors (Lipinski definition) is 1. The summed E-state index contributed by atoms with van der Waals surface area (Å²) in [5.41, 5.74) is 4.45. The molecule has 340 valence electrons. The summed E-state index contributed by atoms with van der Waals surface area (Å²) in [6.45, 7) is 9.37. The molecule has 1 unspecified atom stereocenters. The number of anilines is 1. The van der Waals surface area contributed by atoms with Crippen molar-refractivity contribution in [3.05, 3.63) is 99.3 Å². The van der Waals surface area contributed by atoms with Crippen LogP contribution in [0.15, 0.2) is 61.1 Å². The predicted octanol–water partition coefficient (Wildman–Crippen LogP) is 8.14. The number of aliphatic carboxylic acids is 1. The van der Waals surface area contributed by atoms with Crippen molar-refractivity contribution in [3.8, 4) is 44.7 Å². The van der Waals surface area contributed by atoms with Gasteiger partial charge in [0.25, 0.3) is 0 Å². The van der Waals surface area contributed by atoms with Gasteiger partial charge in [0.1, 0.15) is 47.8 Å². The standard InChI is InChI=1S/C47H48Cl2FN7O7S/c1-26-37-27(2)41(49)42(40(26)48)63-34(21-56-17-15-55(3)16-18-56)24-61-33-9-10-35(62-22-31-11-13-51-47(54-31)57-14-12-32(57)23-60-4)29(19-33)20-36(46(58)59)64-44-39-38(37)43(65-45(39)53-25-52-44)28-5-7-30(50)8-6-28/h5-11,13,19,25,32,34,36H,12,14-18,20-24H2,1-4H3,(H,58,59)/t32?,34-,36-/m1/s1. The Morgan fingerprint density at radius 3 is 2.45 bits per heavy atom. The summed E-state index contributed by atoms with van der Waals surface area (Å²) < 4.78 is 46.0. The monoisotopic (exact) mass is 943 g/mol. The number of carboxylic acid groups (broad SMARTS) is 1. The number of carboxylic acids is 1. The normalized spacial score (nSPS) is 19.2. The van der Waals surface area contributed by atoms with E-state index in [9.17, 15) is 14.3 Å². The maximum Gasteiger partial charge on any atom is 0.345 e. The van der Waals surface area contributed by atoms with Gasteiger partial charge < -0.3 is 38.6 Å². The zero-order valence-corrected chi connectivity index (χ0v) is 38.7. The van der Waals surface area contributed by atoms with E-state index >= 15 is 0 Å². The van der Waals surface area contributed by atoms with Crippen LogP contribution in [0.5, 0.6) is 23.1 Å². The molecule has 4 aliphatic heterocycles. The molecular weight excluding hydrogens is 897 g/mol. The van der Waals surface area contributed by atoms with Crippen LogP contribution in [0.25, 0.3) is 31.8 Å². The summed E-state index contributed by atoms with van der Waals surface area (Å²) in [4.78, 5) is 39.7.